The Morgan fingerprint density at radius 3 is 2.58 bits per heavy atom. The summed E-state index contributed by atoms with van der Waals surface area (Å²) in [4.78, 5) is 0. The molecule has 124 valence electrons. The van der Waals surface area contributed by atoms with E-state index in [9.17, 15) is 0 Å². The minimum absolute atomic E-state index is 0.331. The molecule has 0 unspecified atom stereocenters. The van der Waals surface area contributed by atoms with Gasteiger partial charge in [-0.15, -0.1) is 5.10 Å². The lowest BCUT2D eigenvalue weighted by atomic mass is 10.0. The molecule has 0 spiro atoms. The Bertz CT molecular complexity index is 792. The van der Waals surface area contributed by atoms with Crippen molar-refractivity contribution in [1.29, 1.82) is 0 Å². The highest BCUT2D eigenvalue weighted by atomic mass is 15.6. The van der Waals surface area contributed by atoms with Crippen LogP contribution in [0.25, 0.3) is 5.69 Å². The van der Waals surface area contributed by atoms with Crippen molar-refractivity contribution in [2.75, 3.05) is 6.54 Å². The molecule has 0 atom stereocenters. The number of aromatic nitrogens is 4. The zero-order valence-corrected chi connectivity index (χ0v) is 14.4. The molecule has 5 nitrogen and oxygen atoms in total. The summed E-state index contributed by atoms with van der Waals surface area (Å²) in [6.45, 7) is 7.14. The van der Waals surface area contributed by atoms with Gasteiger partial charge in [-0.25, -0.2) is 0 Å². The van der Waals surface area contributed by atoms with Crippen molar-refractivity contribution in [1.82, 2.24) is 25.5 Å². The zero-order valence-electron chi connectivity index (χ0n) is 14.4. The average molecular weight is 321 g/mol. The van der Waals surface area contributed by atoms with Gasteiger partial charge in [0.05, 0.1) is 11.2 Å². The summed E-state index contributed by atoms with van der Waals surface area (Å²) in [6.07, 6.45) is 0.969. The summed E-state index contributed by atoms with van der Waals surface area (Å²) in [5.41, 5.74) is 3.15. The van der Waals surface area contributed by atoms with E-state index in [1.165, 1.54) is 11.1 Å². The second-order valence-corrected chi connectivity index (χ2v) is 6.54. The third kappa shape index (κ3) is 3.68. The van der Waals surface area contributed by atoms with Gasteiger partial charge in [0, 0.05) is 6.54 Å². The Hall–Kier alpha value is -2.53. The molecule has 0 saturated heterocycles. The van der Waals surface area contributed by atoms with Crippen LogP contribution in [-0.4, -0.2) is 26.8 Å². The number of nitrogens with zero attached hydrogens (tertiary/aromatic N) is 4. The van der Waals surface area contributed by atoms with Crippen LogP contribution < -0.4 is 5.32 Å². The molecule has 0 aliphatic rings. The van der Waals surface area contributed by atoms with Crippen molar-refractivity contribution in [2.24, 2.45) is 0 Å². The molecule has 3 rings (SSSR count). The van der Waals surface area contributed by atoms with Gasteiger partial charge in [0.2, 0.25) is 0 Å². The van der Waals surface area contributed by atoms with Gasteiger partial charge in [-0.05, 0) is 60.9 Å². The van der Waals surface area contributed by atoms with Crippen LogP contribution in [0.3, 0.4) is 0 Å². The van der Waals surface area contributed by atoms with Gasteiger partial charge in [-0.3, -0.25) is 0 Å². The summed E-state index contributed by atoms with van der Waals surface area (Å²) < 4.78 is 1.81. The molecule has 24 heavy (non-hydrogen) atoms. The maximum Gasteiger partial charge on any atom is 0.176 e. The molecule has 0 bridgehead atoms. The first-order chi connectivity index (χ1) is 11.6. The van der Waals surface area contributed by atoms with Gasteiger partial charge in [0.25, 0.3) is 0 Å². The second-order valence-electron chi connectivity index (χ2n) is 6.54. The van der Waals surface area contributed by atoms with Crippen molar-refractivity contribution < 1.29 is 0 Å². The molecular formula is C19H23N5. The molecule has 0 fully saturated rings. The number of hydrogen-bond acceptors (Lipinski definition) is 4. The summed E-state index contributed by atoms with van der Waals surface area (Å²) in [5.74, 6) is 0.807. The zero-order chi connectivity index (χ0) is 17.0. The number of nitrogens with one attached hydrogen (secondary N) is 1. The van der Waals surface area contributed by atoms with E-state index >= 15 is 0 Å². The van der Waals surface area contributed by atoms with Crippen LogP contribution in [0, 0.1) is 6.92 Å². The predicted molar refractivity (Wildman–Crippen MR) is 95.1 cm³/mol. The van der Waals surface area contributed by atoms with Crippen LogP contribution in [0.1, 0.15) is 30.8 Å². The van der Waals surface area contributed by atoms with Crippen molar-refractivity contribution in [3.05, 3.63) is 71.5 Å². The first kappa shape index (κ1) is 16.3. The fourth-order valence-corrected chi connectivity index (χ4v) is 2.75. The van der Waals surface area contributed by atoms with Gasteiger partial charge in [-0.1, -0.05) is 42.5 Å². The normalized spacial score (nSPS) is 11.6. The fraction of sp³-hybridized carbons (Fsp3) is 0.316. The van der Waals surface area contributed by atoms with Crippen LogP contribution in [0.5, 0.6) is 0 Å². The number of tetrazole rings is 1. The van der Waals surface area contributed by atoms with Crippen LogP contribution >= 0.6 is 0 Å². The van der Waals surface area contributed by atoms with Gasteiger partial charge in [0.15, 0.2) is 5.82 Å². The van der Waals surface area contributed by atoms with E-state index < -0.39 is 0 Å². The molecule has 1 aromatic heterocycles. The van der Waals surface area contributed by atoms with E-state index in [2.05, 4.69) is 78.0 Å². The maximum absolute atomic E-state index is 4.26. The summed E-state index contributed by atoms with van der Waals surface area (Å²) in [5, 5.41) is 15.9. The Morgan fingerprint density at radius 2 is 1.83 bits per heavy atom. The third-order valence-electron chi connectivity index (χ3n) is 4.10. The Balaban J connectivity index is 1.74. The lowest BCUT2D eigenvalue weighted by Crippen LogP contribution is -2.40. The van der Waals surface area contributed by atoms with Crippen molar-refractivity contribution in [2.45, 2.75) is 32.7 Å². The number of rotatable bonds is 6. The third-order valence-corrected chi connectivity index (χ3v) is 4.10. The van der Waals surface area contributed by atoms with E-state index in [0.717, 1.165) is 24.5 Å². The van der Waals surface area contributed by atoms with Gasteiger partial charge in [-0.2, -0.15) is 4.68 Å². The fourth-order valence-electron chi connectivity index (χ4n) is 2.75. The van der Waals surface area contributed by atoms with Gasteiger partial charge in [0.1, 0.15) is 0 Å². The number of aryl methyl sites for hydroxylation is 1. The largest absolute Gasteiger partial charge is 0.305 e. The molecule has 3 aromatic rings. The van der Waals surface area contributed by atoms with Crippen molar-refractivity contribution in [3.63, 3.8) is 0 Å². The Labute approximate surface area is 142 Å². The highest BCUT2D eigenvalue weighted by Crippen LogP contribution is 2.20. The quantitative estimate of drug-likeness (QED) is 0.758. The average Bonchev–Trinajstić information content (AvgIpc) is 3.06. The molecular weight excluding hydrogens is 298 g/mol. The first-order valence-corrected chi connectivity index (χ1v) is 8.21. The standard InChI is InChI=1S/C19H23N5/c1-15-8-7-11-17(14-15)24-18(21-22-23-24)19(2,3)20-13-12-16-9-5-4-6-10-16/h4-11,14,20H,12-13H2,1-3H3. The van der Waals surface area contributed by atoms with Crippen LogP contribution in [-0.2, 0) is 12.0 Å². The topological polar surface area (TPSA) is 55.6 Å². The SMILES string of the molecule is Cc1cccc(-n2nnnc2C(C)(C)NCCc2ccccc2)c1. The van der Waals surface area contributed by atoms with E-state index in [1.807, 2.05) is 22.9 Å². The van der Waals surface area contributed by atoms with Gasteiger partial charge >= 0.3 is 0 Å². The Morgan fingerprint density at radius 1 is 1.04 bits per heavy atom. The lowest BCUT2D eigenvalue weighted by Gasteiger charge is -2.25. The van der Waals surface area contributed by atoms with Crippen molar-refractivity contribution >= 4 is 0 Å². The molecule has 2 aromatic carbocycles. The smallest absolute Gasteiger partial charge is 0.176 e. The molecule has 0 aliphatic carbocycles. The molecule has 1 N–H and O–H groups in total. The summed E-state index contributed by atoms with van der Waals surface area (Å²) in [6, 6.07) is 18.7. The van der Waals surface area contributed by atoms with E-state index in [0.29, 0.717) is 0 Å². The summed E-state index contributed by atoms with van der Waals surface area (Å²) >= 11 is 0. The highest BCUT2D eigenvalue weighted by molar-refractivity contribution is 5.35. The maximum atomic E-state index is 4.26. The minimum atomic E-state index is -0.331. The lowest BCUT2D eigenvalue weighted by molar-refractivity contribution is 0.375. The molecule has 1 heterocycles. The molecule has 0 amide bonds. The second kappa shape index (κ2) is 6.93. The molecule has 0 aliphatic heterocycles. The Kier molecular flexibility index (Phi) is 4.71. The predicted octanol–water partition coefficient (Wildman–Crippen LogP) is 3.04. The number of benzene rings is 2. The summed E-state index contributed by atoms with van der Waals surface area (Å²) in [7, 11) is 0. The van der Waals surface area contributed by atoms with E-state index in [-0.39, 0.29) is 5.54 Å². The molecule has 0 radical (unpaired) electrons. The monoisotopic (exact) mass is 321 g/mol. The minimum Gasteiger partial charge on any atom is -0.305 e. The molecule has 5 heteroatoms. The molecule has 0 saturated carbocycles. The first-order valence-electron chi connectivity index (χ1n) is 8.21. The van der Waals surface area contributed by atoms with Crippen LogP contribution in [0.2, 0.25) is 0 Å². The van der Waals surface area contributed by atoms with E-state index in [4.69, 9.17) is 0 Å². The number of hydrogen-bond donors (Lipinski definition) is 1. The highest BCUT2D eigenvalue weighted by Gasteiger charge is 2.27. The van der Waals surface area contributed by atoms with Crippen molar-refractivity contribution in [3.8, 4) is 5.69 Å². The van der Waals surface area contributed by atoms with Crippen LogP contribution in [0.15, 0.2) is 54.6 Å². The van der Waals surface area contributed by atoms with Gasteiger partial charge < -0.3 is 5.32 Å². The van der Waals surface area contributed by atoms with Crippen LogP contribution in [0.4, 0.5) is 0 Å². The van der Waals surface area contributed by atoms with E-state index in [1.54, 1.807) is 0 Å².